The zero-order chi connectivity index (χ0) is 11.5. The molecule has 0 spiro atoms. The number of hydrogen-bond donors (Lipinski definition) is 1. The van der Waals surface area contributed by atoms with E-state index in [4.69, 9.17) is 10.5 Å². The predicted molar refractivity (Wildman–Crippen MR) is 61.9 cm³/mol. The van der Waals surface area contributed by atoms with Gasteiger partial charge in [0.15, 0.2) is 0 Å². The SMILES string of the molecule is Cl.NC1CC(Oc2ccc(OC(F)F)cc2)C1. The van der Waals surface area contributed by atoms with Crippen molar-refractivity contribution in [1.82, 2.24) is 0 Å². The molecule has 0 aliphatic heterocycles. The minimum Gasteiger partial charge on any atom is -0.490 e. The Balaban J connectivity index is 0.00000144. The standard InChI is InChI=1S/C11H13F2NO2.ClH/c12-11(13)16-9-3-1-8(2-4-9)15-10-5-7(14)6-10;/h1-4,7,10-11H,5-6,14H2;1H. The topological polar surface area (TPSA) is 44.5 Å². The lowest BCUT2D eigenvalue weighted by atomic mass is 9.90. The largest absolute Gasteiger partial charge is 0.490 e. The zero-order valence-electron chi connectivity index (χ0n) is 9.01. The van der Waals surface area contributed by atoms with Gasteiger partial charge in [-0.3, -0.25) is 0 Å². The summed E-state index contributed by atoms with van der Waals surface area (Å²) in [5, 5.41) is 0. The second-order valence-electron chi connectivity index (χ2n) is 3.82. The molecule has 17 heavy (non-hydrogen) atoms. The van der Waals surface area contributed by atoms with Crippen LogP contribution in [0.5, 0.6) is 11.5 Å². The van der Waals surface area contributed by atoms with Gasteiger partial charge in [-0.05, 0) is 37.1 Å². The molecule has 0 amide bonds. The molecule has 6 heteroatoms. The Bertz CT molecular complexity index is 342. The average Bonchev–Trinajstić information content (AvgIpc) is 2.18. The lowest BCUT2D eigenvalue weighted by Gasteiger charge is -2.32. The Labute approximate surface area is 104 Å². The summed E-state index contributed by atoms with van der Waals surface area (Å²) in [5.74, 6) is 0.783. The zero-order valence-corrected chi connectivity index (χ0v) is 9.83. The van der Waals surface area contributed by atoms with Crippen molar-refractivity contribution in [2.24, 2.45) is 5.73 Å². The summed E-state index contributed by atoms with van der Waals surface area (Å²) in [5.41, 5.74) is 5.62. The van der Waals surface area contributed by atoms with Crippen molar-refractivity contribution < 1.29 is 18.3 Å². The number of halogens is 3. The van der Waals surface area contributed by atoms with Gasteiger partial charge in [-0.2, -0.15) is 8.78 Å². The van der Waals surface area contributed by atoms with Crippen molar-refractivity contribution in [2.45, 2.75) is 31.6 Å². The fourth-order valence-electron chi connectivity index (χ4n) is 1.59. The number of hydrogen-bond acceptors (Lipinski definition) is 3. The van der Waals surface area contributed by atoms with E-state index in [0.717, 1.165) is 12.8 Å². The van der Waals surface area contributed by atoms with Gasteiger partial charge in [0.25, 0.3) is 0 Å². The Morgan fingerprint density at radius 1 is 1.12 bits per heavy atom. The van der Waals surface area contributed by atoms with Gasteiger partial charge in [0.2, 0.25) is 0 Å². The van der Waals surface area contributed by atoms with E-state index in [9.17, 15) is 8.78 Å². The van der Waals surface area contributed by atoms with Crippen LogP contribution in [0.3, 0.4) is 0 Å². The first-order valence-corrected chi connectivity index (χ1v) is 5.10. The predicted octanol–water partition coefficient (Wildman–Crippen LogP) is 2.58. The first-order chi connectivity index (χ1) is 7.63. The van der Waals surface area contributed by atoms with Gasteiger partial charge in [-0.25, -0.2) is 0 Å². The third kappa shape index (κ3) is 4.02. The summed E-state index contributed by atoms with van der Waals surface area (Å²) in [4.78, 5) is 0. The molecule has 0 heterocycles. The maximum absolute atomic E-state index is 11.9. The fraction of sp³-hybridized carbons (Fsp3) is 0.455. The first kappa shape index (κ1) is 14.0. The molecule has 2 rings (SSSR count). The maximum atomic E-state index is 11.9. The van der Waals surface area contributed by atoms with Crippen LogP contribution in [0.1, 0.15) is 12.8 Å². The van der Waals surface area contributed by atoms with Gasteiger partial charge in [0, 0.05) is 6.04 Å². The molecule has 0 saturated heterocycles. The van der Waals surface area contributed by atoms with Crippen molar-refractivity contribution in [1.29, 1.82) is 0 Å². The molecule has 1 aromatic carbocycles. The first-order valence-electron chi connectivity index (χ1n) is 5.10. The summed E-state index contributed by atoms with van der Waals surface area (Å²) in [6, 6.07) is 6.37. The molecule has 2 N–H and O–H groups in total. The molecule has 1 saturated carbocycles. The summed E-state index contributed by atoms with van der Waals surface area (Å²) in [7, 11) is 0. The molecule has 1 fully saturated rings. The quantitative estimate of drug-likeness (QED) is 0.910. The average molecular weight is 266 g/mol. The van der Waals surface area contributed by atoms with Crippen molar-refractivity contribution >= 4 is 12.4 Å². The molecule has 0 unspecified atom stereocenters. The van der Waals surface area contributed by atoms with E-state index >= 15 is 0 Å². The summed E-state index contributed by atoms with van der Waals surface area (Å²) in [6.45, 7) is -2.80. The molecular weight excluding hydrogens is 252 g/mol. The van der Waals surface area contributed by atoms with Gasteiger partial charge in [-0.15, -0.1) is 12.4 Å². The van der Waals surface area contributed by atoms with Crippen molar-refractivity contribution in [3.8, 4) is 11.5 Å². The molecule has 0 bridgehead atoms. The highest BCUT2D eigenvalue weighted by atomic mass is 35.5. The second kappa shape index (κ2) is 6.02. The molecule has 3 nitrogen and oxygen atoms in total. The lowest BCUT2D eigenvalue weighted by molar-refractivity contribution is -0.0499. The van der Waals surface area contributed by atoms with Crippen LogP contribution in [0.25, 0.3) is 0 Å². The second-order valence-corrected chi connectivity index (χ2v) is 3.82. The third-order valence-corrected chi connectivity index (χ3v) is 2.48. The van der Waals surface area contributed by atoms with Crippen LogP contribution in [-0.2, 0) is 0 Å². The Kier molecular flexibility index (Phi) is 4.96. The minimum absolute atomic E-state index is 0. The van der Waals surface area contributed by atoms with Gasteiger partial charge in [-0.1, -0.05) is 0 Å². The molecule has 1 aromatic rings. The van der Waals surface area contributed by atoms with Crippen molar-refractivity contribution in [3.63, 3.8) is 0 Å². The van der Waals surface area contributed by atoms with E-state index in [2.05, 4.69) is 4.74 Å². The Morgan fingerprint density at radius 2 is 1.65 bits per heavy atom. The smallest absolute Gasteiger partial charge is 0.387 e. The summed E-state index contributed by atoms with van der Waals surface area (Å²) >= 11 is 0. The summed E-state index contributed by atoms with van der Waals surface area (Å²) < 4.78 is 33.5. The van der Waals surface area contributed by atoms with Crippen LogP contribution >= 0.6 is 12.4 Å². The van der Waals surface area contributed by atoms with Gasteiger partial charge >= 0.3 is 6.61 Å². The number of benzene rings is 1. The number of ether oxygens (including phenoxy) is 2. The van der Waals surface area contributed by atoms with E-state index in [1.807, 2.05) is 0 Å². The number of nitrogens with two attached hydrogens (primary N) is 1. The normalized spacial score (nSPS) is 22.6. The Hall–Kier alpha value is -1.07. The highest BCUT2D eigenvalue weighted by Gasteiger charge is 2.27. The summed E-state index contributed by atoms with van der Waals surface area (Å²) in [6.07, 6.45) is 1.83. The van der Waals surface area contributed by atoms with Gasteiger partial charge < -0.3 is 15.2 Å². The molecular formula is C11H14ClF2NO2. The molecule has 0 radical (unpaired) electrons. The molecule has 0 atom stereocenters. The van der Waals surface area contributed by atoms with Crippen molar-refractivity contribution in [2.75, 3.05) is 0 Å². The van der Waals surface area contributed by atoms with Gasteiger partial charge in [0.05, 0.1) is 0 Å². The van der Waals surface area contributed by atoms with E-state index < -0.39 is 6.61 Å². The van der Waals surface area contributed by atoms with E-state index in [1.165, 1.54) is 12.1 Å². The van der Waals surface area contributed by atoms with Crippen LogP contribution in [0.2, 0.25) is 0 Å². The highest BCUT2D eigenvalue weighted by Crippen LogP contribution is 2.26. The van der Waals surface area contributed by atoms with Gasteiger partial charge in [0.1, 0.15) is 17.6 Å². The molecule has 1 aliphatic rings. The monoisotopic (exact) mass is 265 g/mol. The van der Waals surface area contributed by atoms with Crippen LogP contribution in [0, 0.1) is 0 Å². The van der Waals surface area contributed by atoms with E-state index in [1.54, 1.807) is 12.1 Å². The maximum Gasteiger partial charge on any atom is 0.387 e. The minimum atomic E-state index is -2.80. The third-order valence-electron chi connectivity index (χ3n) is 2.48. The molecule has 0 aromatic heterocycles. The van der Waals surface area contributed by atoms with Crippen LogP contribution in [0.4, 0.5) is 8.78 Å². The van der Waals surface area contributed by atoms with Crippen LogP contribution in [0.15, 0.2) is 24.3 Å². The molecule has 96 valence electrons. The lowest BCUT2D eigenvalue weighted by Crippen LogP contribution is -2.43. The van der Waals surface area contributed by atoms with E-state index in [0.29, 0.717) is 5.75 Å². The molecule has 1 aliphatic carbocycles. The van der Waals surface area contributed by atoms with Crippen LogP contribution in [-0.4, -0.2) is 18.8 Å². The Morgan fingerprint density at radius 3 is 2.12 bits per heavy atom. The number of alkyl halides is 2. The van der Waals surface area contributed by atoms with Crippen molar-refractivity contribution in [3.05, 3.63) is 24.3 Å². The fourth-order valence-corrected chi connectivity index (χ4v) is 1.59. The van der Waals surface area contributed by atoms with E-state index in [-0.39, 0.29) is 30.3 Å². The number of rotatable bonds is 4. The highest BCUT2D eigenvalue weighted by molar-refractivity contribution is 5.85. The van der Waals surface area contributed by atoms with Crippen LogP contribution < -0.4 is 15.2 Å².